The second-order valence-corrected chi connectivity index (χ2v) is 6.85. The molecule has 0 aliphatic carbocycles. The van der Waals surface area contributed by atoms with Gasteiger partial charge in [-0.2, -0.15) is 0 Å². The Bertz CT molecular complexity index is 936. The normalized spacial score (nSPS) is 11.7. The second-order valence-electron chi connectivity index (χ2n) is 5.12. The molecule has 0 spiro atoms. The largest absolute Gasteiger partial charge is 0.369 e. The number of hydrogen-bond donors (Lipinski definition) is 3. The van der Waals surface area contributed by atoms with Gasteiger partial charge in [0.15, 0.2) is 0 Å². The highest BCUT2D eigenvalue weighted by Crippen LogP contribution is 2.28. The van der Waals surface area contributed by atoms with Crippen molar-refractivity contribution in [2.75, 3.05) is 17.6 Å². The highest BCUT2D eigenvalue weighted by Gasteiger charge is 2.08. The summed E-state index contributed by atoms with van der Waals surface area (Å²) in [6.45, 7) is 0.192. The predicted molar refractivity (Wildman–Crippen MR) is 88.0 cm³/mol. The monoisotopic (exact) mass is 334 g/mol. The van der Waals surface area contributed by atoms with E-state index >= 15 is 0 Å². The third-order valence-corrected chi connectivity index (χ3v) is 4.18. The molecule has 0 unspecified atom stereocenters. The van der Waals surface area contributed by atoms with Gasteiger partial charge in [-0.15, -0.1) is 0 Å². The highest BCUT2D eigenvalue weighted by atomic mass is 32.2. The Morgan fingerprint density at radius 3 is 2.78 bits per heavy atom. The molecular formula is C15H15FN4O2S. The summed E-state index contributed by atoms with van der Waals surface area (Å²) in [5, 5.41) is 8.73. The van der Waals surface area contributed by atoms with Crippen LogP contribution >= 0.6 is 0 Å². The first-order chi connectivity index (χ1) is 10.9. The van der Waals surface area contributed by atoms with Gasteiger partial charge in [0.1, 0.15) is 11.6 Å². The molecule has 3 rings (SSSR count). The van der Waals surface area contributed by atoms with Crippen LogP contribution in [0.15, 0.2) is 42.7 Å². The lowest BCUT2D eigenvalue weighted by Gasteiger charge is -2.05. The molecule has 0 amide bonds. The van der Waals surface area contributed by atoms with Crippen LogP contribution in [0.25, 0.3) is 22.0 Å². The summed E-state index contributed by atoms with van der Waals surface area (Å²) >= 11 is 0. The minimum Gasteiger partial charge on any atom is -0.369 e. The quantitative estimate of drug-likeness (QED) is 0.665. The molecule has 0 radical (unpaired) electrons. The zero-order chi connectivity index (χ0) is 16.4. The minimum atomic E-state index is -3.49. The number of nitrogens with two attached hydrogens (primary N) is 1. The summed E-state index contributed by atoms with van der Waals surface area (Å²) in [6, 6.07) is 8.18. The van der Waals surface area contributed by atoms with Crippen LogP contribution in [-0.2, 0) is 10.0 Å². The van der Waals surface area contributed by atoms with Crippen LogP contribution in [0.3, 0.4) is 0 Å². The summed E-state index contributed by atoms with van der Waals surface area (Å²) in [6.07, 6.45) is 3.47. The molecule has 23 heavy (non-hydrogen) atoms. The average Bonchev–Trinajstić information content (AvgIpc) is 2.89. The summed E-state index contributed by atoms with van der Waals surface area (Å²) in [7, 11) is -3.49. The number of nitrogens with one attached hydrogen (secondary N) is 2. The Morgan fingerprint density at radius 1 is 1.26 bits per heavy atom. The smallest absolute Gasteiger partial charge is 0.210 e. The molecule has 2 aromatic heterocycles. The lowest BCUT2D eigenvalue weighted by atomic mass is 10.1. The highest BCUT2D eigenvalue weighted by molar-refractivity contribution is 7.89. The fraction of sp³-hybridized carbons (Fsp3) is 0.133. The topological polar surface area (TPSA) is 101 Å². The molecule has 3 aromatic rings. The van der Waals surface area contributed by atoms with Crippen molar-refractivity contribution < 1.29 is 12.8 Å². The fourth-order valence-electron chi connectivity index (χ4n) is 2.32. The van der Waals surface area contributed by atoms with Crippen LogP contribution in [0.4, 0.5) is 10.2 Å². The van der Waals surface area contributed by atoms with Crippen LogP contribution in [0.2, 0.25) is 0 Å². The molecular weight excluding hydrogens is 319 g/mol. The van der Waals surface area contributed by atoms with Gasteiger partial charge in [-0.3, -0.25) is 0 Å². The first kappa shape index (κ1) is 15.4. The molecule has 2 heterocycles. The number of fused-ring (bicyclic) bond motifs is 1. The third kappa shape index (κ3) is 3.66. The molecule has 0 saturated heterocycles. The Balaban J connectivity index is 1.78. The van der Waals surface area contributed by atoms with E-state index in [-0.39, 0.29) is 18.1 Å². The first-order valence-corrected chi connectivity index (χ1v) is 8.61. The Labute approximate surface area is 132 Å². The lowest BCUT2D eigenvalue weighted by Crippen LogP contribution is -2.22. The van der Waals surface area contributed by atoms with Crippen molar-refractivity contribution in [3.63, 3.8) is 0 Å². The van der Waals surface area contributed by atoms with E-state index < -0.39 is 10.0 Å². The number of hydrogen-bond acceptors (Lipinski definition) is 4. The lowest BCUT2D eigenvalue weighted by molar-refractivity contribution is 0.598. The molecule has 4 N–H and O–H groups in total. The molecule has 8 heteroatoms. The average molecular weight is 334 g/mol. The van der Waals surface area contributed by atoms with Crippen LogP contribution in [0.5, 0.6) is 0 Å². The van der Waals surface area contributed by atoms with Crippen LogP contribution in [0, 0.1) is 5.82 Å². The third-order valence-electron chi connectivity index (χ3n) is 3.41. The fourth-order valence-corrected chi connectivity index (χ4v) is 2.70. The number of aromatic nitrogens is 2. The Kier molecular flexibility index (Phi) is 4.01. The molecule has 0 bridgehead atoms. The van der Waals surface area contributed by atoms with Gasteiger partial charge in [0.25, 0.3) is 0 Å². The van der Waals surface area contributed by atoms with Crippen LogP contribution in [0.1, 0.15) is 0 Å². The van der Waals surface area contributed by atoms with E-state index in [1.165, 1.54) is 12.1 Å². The van der Waals surface area contributed by atoms with Gasteiger partial charge >= 0.3 is 0 Å². The number of benzene rings is 1. The van der Waals surface area contributed by atoms with Crippen molar-refractivity contribution in [2.24, 2.45) is 5.14 Å². The van der Waals surface area contributed by atoms with Gasteiger partial charge in [-0.25, -0.2) is 22.9 Å². The predicted octanol–water partition coefficient (Wildman–Crippen LogP) is 2.07. The van der Waals surface area contributed by atoms with Crippen LogP contribution in [-0.4, -0.2) is 30.7 Å². The van der Waals surface area contributed by atoms with Gasteiger partial charge in [0.2, 0.25) is 10.0 Å². The second kappa shape index (κ2) is 5.98. The summed E-state index contributed by atoms with van der Waals surface area (Å²) < 4.78 is 34.9. The summed E-state index contributed by atoms with van der Waals surface area (Å²) in [5.41, 5.74) is 2.51. The molecule has 0 aliphatic rings. The maximum atomic E-state index is 13.2. The number of rotatable bonds is 5. The number of sulfonamides is 1. The van der Waals surface area contributed by atoms with E-state index in [9.17, 15) is 12.8 Å². The number of primary sulfonamides is 1. The zero-order valence-corrected chi connectivity index (χ0v) is 12.9. The van der Waals surface area contributed by atoms with Crippen molar-refractivity contribution in [3.8, 4) is 11.1 Å². The first-order valence-electron chi connectivity index (χ1n) is 6.90. The van der Waals surface area contributed by atoms with E-state index in [1.54, 1.807) is 24.5 Å². The number of pyridine rings is 1. The Morgan fingerprint density at radius 2 is 2.09 bits per heavy atom. The number of aromatic amines is 1. The molecule has 0 saturated carbocycles. The molecule has 1 aromatic carbocycles. The zero-order valence-electron chi connectivity index (χ0n) is 12.1. The van der Waals surface area contributed by atoms with E-state index in [2.05, 4.69) is 15.3 Å². The number of H-pyrrole nitrogens is 1. The maximum Gasteiger partial charge on any atom is 0.210 e. The van der Waals surface area contributed by atoms with Gasteiger partial charge in [-0.05, 0) is 30.3 Å². The van der Waals surface area contributed by atoms with E-state index in [0.717, 1.165) is 22.0 Å². The van der Waals surface area contributed by atoms with E-state index in [0.29, 0.717) is 5.82 Å². The summed E-state index contributed by atoms with van der Waals surface area (Å²) in [4.78, 5) is 7.27. The molecule has 6 nitrogen and oxygen atoms in total. The van der Waals surface area contributed by atoms with E-state index in [4.69, 9.17) is 5.14 Å². The number of nitrogens with zero attached hydrogens (tertiary/aromatic N) is 1. The SMILES string of the molecule is NS(=O)(=O)CCNc1ccc(-c2c[nH]c3cc(F)ccc23)cn1. The number of halogens is 1. The summed E-state index contributed by atoms with van der Waals surface area (Å²) in [5.74, 6) is 0.103. The number of anilines is 1. The molecule has 0 aliphatic heterocycles. The van der Waals surface area contributed by atoms with Crippen molar-refractivity contribution in [3.05, 3.63) is 48.5 Å². The van der Waals surface area contributed by atoms with Crippen molar-refractivity contribution in [1.82, 2.24) is 9.97 Å². The molecule has 0 atom stereocenters. The molecule has 0 fully saturated rings. The standard InChI is InChI=1S/C15H15FN4O2S/c16-11-2-3-12-13(9-19-14(12)7-11)10-1-4-15(20-8-10)18-5-6-23(17,21)22/h1-4,7-9,19H,5-6H2,(H,18,20)(H2,17,21,22). The van der Waals surface area contributed by atoms with E-state index in [1.807, 2.05) is 6.07 Å². The van der Waals surface area contributed by atoms with Crippen LogP contribution < -0.4 is 10.5 Å². The van der Waals surface area contributed by atoms with Crippen molar-refractivity contribution in [1.29, 1.82) is 0 Å². The van der Waals surface area contributed by atoms with Gasteiger partial charge in [0.05, 0.1) is 5.75 Å². The van der Waals surface area contributed by atoms with Gasteiger partial charge in [0, 0.05) is 41.0 Å². The maximum absolute atomic E-state index is 13.2. The Hall–Kier alpha value is -2.45. The van der Waals surface area contributed by atoms with Crippen molar-refractivity contribution >= 4 is 26.7 Å². The van der Waals surface area contributed by atoms with Crippen molar-refractivity contribution in [2.45, 2.75) is 0 Å². The van der Waals surface area contributed by atoms with Gasteiger partial charge in [-0.1, -0.05) is 0 Å². The minimum absolute atomic E-state index is 0.162. The molecule has 120 valence electrons. The van der Waals surface area contributed by atoms with Gasteiger partial charge < -0.3 is 10.3 Å².